The van der Waals surface area contributed by atoms with E-state index in [2.05, 4.69) is 30.0 Å². The highest BCUT2D eigenvalue weighted by Gasteiger charge is 2.22. The first-order valence-corrected chi connectivity index (χ1v) is 7.80. The lowest BCUT2D eigenvalue weighted by molar-refractivity contribution is 0.463. The van der Waals surface area contributed by atoms with Gasteiger partial charge >= 0.3 is 0 Å². The van der Waals surface area contributed by atoms with Gasteiger partial charge in [-0.25, -0.2) is 0 Å². The molecule has 1 heterocycles. The van der Waals surface area contributed by atoms with Crippen LogP contribution in [0.5, 0.6) is 5.75 Å². The van der Waals surface area contributed by atoms with E-state index in [0.29, 0.717) is 22.5 Å². The number of nitrogens with zero attached hydrogens (tertiary/aromatic N) is 1. The van der Waals surface area contributed by atoms with E-state index in [1.807, 2.05) is 6.07 Å². The van der Waals surface area contributed by atoms with Crippen LogP contribution in [-0.2, 0) is 13.0 Å². The van der Waals surface area contributed by atoms with Crippen molar-refractivity contribution in [1.29, 1.82) is 0 Å². The summed E-state index contributed by atoms with van der Waals surface area (Å²) in [6, 6.07) is 11.8. The Morgan fingerprint density at radius 1 is 1.24 bits per heavy atom. The quantitative estimate of drug-likeness (QED) is 0.850. The minimum Gasteiger partial charge on any atom is -0.506 e. The molecule has 0 aromatic heterocycles. The molecule has 0 amide bonds. The molecule has 4 heteroatoms. The van der Waals surface area contributed by atoms with Crippen LogP contribution in [0.25, 0.3) is 0 Å². The Labute approximate surface area is 134 Å². The Morgan fingerprint density at radius 3 is 2.81 bits per heavy atom. The van der Waals surface area contributed by atoms with Crippen LogP contribution in [0.4, 0.5) is 5.69 Å². The highest BCUT2D eigenvalue weighted by molar-refractivity contribution is 6.35. The van der Waals surface area contributed by atoms with Crippen LogP contribution >= 0.6 is 23.2 Å². The molecule has 1 unspecified atom stereocenters. The third-order valence-corrected chi connectivity index (χ3v) is 4.41. The molecular weight excluding hydrogens is 305 g/mol. The molecule has 110 valence electrons. The molecule has 2 aromatic rings. The number of fused-ring (bicyclic) bond motifs is 1. The van der Waals surface area contributed by atoms with Crippen LogP contribution in [0.15, 0.2) is 36.4 Å². The van der Waals surface area contributed by atoms with Gasteiger partial charge in [0.15, 0.2) is 0 Å². The van der Waals surface area contributed by atoms with Gasteiger partial charge in [0.05, 0.1) is 5.02 Å². The van der Waals surface area contributed by atoms with Crippen molar-refractivity contribution in [2.45, 2.75) is 19.9 Å². The van der Waals surface area contributed by atoms with Crippen LogP contribution in [0.2, 0.25) is 10.0 Å². The highest BCUT2D eigenvalue weighted by Crippen LogP contribution is 2.35. The van der Waals surface area contributed by atoms with Gasteiger partial charge in [0.25, 0.3) is 0 Å². The Hall–Kier alpha value is -1.38. The normalized spacial score (nSPS) is 17.7. The van der Waals surface area contributed by atoms with Crippen molar-refractivity contribution in [3.05, 3.63) is 57.6 Å². The third kappa shape index (κ3) is 2.97. The van der Waals surface area contributed by atoms with Crippen molar-refractivity contribution >= 4 is 28.9 Å². The minimum absolute atomic E-state index is 0.122. The zero-order valence-electron chi connectivity index (χ0n) is 11.8. The average Bonchev–Trinajstić information content (AvgIpc) is 2.44. The van der Waals surface area contributed by atoms with E-state index >= 15 is 0 Å². The first kappa shape index (κ1) is 14.6. The number of hydrogen-bond donors (Lipinski definition) is 1. The molecule has 1 aliphatic rings. The van der Waals surface area contributed by atoms with Gasteiger partial charge in [-0.15, -0.1) is 0 Å². The fourth-order valence-corrected chi connectivity index (χ4v) is 3.54. The van der Waals surface area contributed by atoms with Crippen LogP contribution < -0.4 is 4.90 Å². The molecule has 0 radical (unpaired) electrons. The number of halogens is 2. The summed E-state index contributed by atoms with van der Waals surface area (Å²) in [6.45, 7) is 3.81. The molecule has 0 bridgehead atoms. The summed E-state index contributed by atoms with van der Waals surface area (Å²) in [7, 11) is 0. The van der Waals surface area contributed by atoms with Gasteiger partial charge in [-0.1, -0.05) is 48.3 Å². The Bertz CT molecular complexity index is 672. The molecule has 0 spiro atoms. The van der Waals surface area contributed by atoms with Gasteiger partial charge in [0, 0.05) is 29.4 Å². The first-order chi connectivity index (χ1) is 10.0. The van der Waals surface area contributed by atoms with Gasteiger partial charge in [0.1, 0.15) is 5.75 Å². The van der Waals surface area contributed by atoms with Gasteiger partial charge < -0.3 is 10.0 Å². The lowest BCUT2D eigenvalue weighted by Crippen LogP contribution is -2.33. The third-order valence-electron chi connectivity index (χ3n) is 3.90. The van der Waals surface area contributed by atoms with E-state index in [1.54, 1.807) is 12.1 Å². The maximum absolute atomic E-state index is 10.1. The monoisotopic (exact) mass is 321 g/mol. The second-order valence-corrected chi connectivity index (χ2v) is 6.56. The standard InChI is InChI=1S/C17H17Cl2NO/c1-11-6-12-4-2-3-5-16(12)20(9-11)10-13-7-14(18)8-15(19)17(13)21/h2-5,7-8,11,21H,6,9-10H2,1H3. The van der Waals surface area contributed by atoms with Crippen LogP contribution in [-0.4, -0.2) is 11.7 Å². The number of aromatic hydroxyl groups is 1. The topological polar surface area (TPSA) is 23.5 Å². The molecular formula is C17H17Cl2NO. The van der Waals surface area contributed by atoms with Gasteiger partial charge in [-0.05, 0) is 36.1 Å². The molecule has 21 heavy (non-hydrogen) atoms. The van der Waals surface area contributed by atoms with Crippen molar-refractivity contribution in [2.75, 3.05) is 11.4 Å². The van der Waals surface area contributed by atoms with Gasteiger partial charge in [0.2, 0.25) is 0 Å². The van der Waals surface area contributed by atoms with Crippen molar-refractivity contribution in [3.63, 3.8) is 0 Å². The van der Waals surface area contributed by atoms with E-state index in [0.717, 1.165) is 18.5 Å². The second kappa shape index (κ2) is 5.78. The van der Waals surface area contributed by atoms with E-state index in [4.69, 9.17) is 23.2 Å². The number of para-hydroxylation sites is 1. The summed E-state index contributed by atoms with van der Waals surface area (Å²) >= 11 is 12.1. The predicted molar refractivity (Wildman–Crippen MR) is 88.5 cm³/mol. The van der Waals surface area contributed by atoms with Crippen molar-refractivity contribution in [1.82, 2.24) is 0 Å². The maximum Gasteiger partial charge on any atom is 0.139 e. The number of anilines is 1. The molecule has 1 N–H and O–H groups in total. The van der Waals surface area contributed by atoms with E-state index in [-0.39, 0.29) is 5.75 Å². The van der Waals surface area contributed by atoms with Gasteiger partial charge in [-0.3, -0.25) is 0 Å². The number of phenolic OH excluding ortho intramolecular Hbond substituents is 1. The Kier molecular flexibility index (Phi) is 4.01. The zero-order chi connectivity index (χ0) is 15.0. The molecule has 3 rings (SSSR count). The highest BCUT2D eigenvalue weighted by atomic mass is 35.5. The molecule has 0 saturated carbocycles. The smallest absolute Gasteiger partial charge is 0.139 e. The summed E-state index contributed by atoms with van der Waals surface area (Å²) in [5.74, 6) is 0.702. The fraction of sp³-hybridized carbons (Fsp3) is 0.294. The maximum atomic E-state index is 10.1. The van der Waals surface area contributed by atoms with E-state index < -0.39 is 0 Å². The number of benzene rings is 2. The van der Waals surface area contributed by atoms with Crippen LogP contribution in [0.1, 0.15) is 18.1 Å². The summed E-state index contributed by atoms with van der Waals surface area (Å²) in [5, 5.41) is 11.0. The van der Waals surface area contributed by atoms with Gasteiger partial charge in [-0.2, -0.15) is 0 Å². The lowest BCUT2D eigenvalue weighted by atomic mass is 9.93. The summed E-state index contributed by atoms with van der Waals surface area (Å²) < 4.78 is 0. The predicted octanol–water partition coefficient (Wildman–Crippen LogP) is 4.90. The molecule has 0 saturated heterocycles. The molecule has 1 atom stereocenters. The van der Waals surface area contributed by atoms with E-state index in [1.165, 1.54) is 11.3 Å². The van der Waals surface area contributed by atoms with Crippen LogP contribution in [0.3, 0.4) is 0 Å². The molecule has 1 aliphatic heterocycles. The molecule has 0 fully saturated rings. The molecule has 0 aliphatic carbocycles. The van der Waals surface area contributed by atoms with Crippen molar-refractivity contribution in [2.24, 2.45) is 5.92 Å². The fourth-order valence-electron chi connectivity index (χ4n) is 3.00. The lowest BCUT2D eigenvalue weighted by Gasteiger charge is -2.35. The minimum atomic E-state index is 0.122. The number of hydrogen-bond acceptors (Lipinski definition) is 2. The second-order valence-electron chi connectivity index (χ2n) is 5.71. The zero-order valence-corrected chi connectivity index (χ0v) is 13.3. The SMILES string of the molecule is CC1Cc2ccccc2N(Cc2cc(Cl)cc(Cl)c2O)C1. The summed E-state index contributed by atoms with van der Waals surface area (Å²) in [6.07, 6.45) is 1.09. The van der Waals surface area contributed by atoms with Crippen molar-refractivity contribution < 1.29 is 5.11 Å². The number of phenols is 1. The van der Waals surface area contributed by atoms with Crippen molar-refractivity contribution in [3.8, 4) is 5.75 Å². The first-order valence-electron chi connectivity index (χ1n) is 7.04. The Morgan fingerprint density at radius 2 is 2.00 bits per heavy atom. The largest absolute Gasteiger partial charge is 0.506 e. The Balaban J connectivity index is 1.95. The van der Waals surface area contributed by atoms with E-state index in [9.17, 15) is 5.11 Å². The summed E-state index contributed by atoms with van der Waals surface area (Å²) in [4.78, 5) is 2.28. The molecule has 2 aromatic carbocycles. The van der Waals surface area contributed by atoms with Crippen LogP contribution in [0, 0.1) is 5.92 Å². The molecule has 2 nitrogen and oxygen atoms in total. The average molecular weight is 322 g/mol. The number of rotatable bonds is 2. The summed E-state index contributed by atoms with van der Waals surface area (Å²) in [5.41, 5.74) is 3.34.